The van der Waals surface area contributed by atoms with Gasteiger partial charge in [0.15, 0.2) is 5.13 Å². The average molecular weight is 418 g/mol. The molecule has 26 heavy (non-hydrogen) atoms. The molecule has 10 heteroatoms. The van der Waals surface area contributed by atoms with Crippen LogP contribution in [0.2, 0.25) is 5.02 Å². The lowest BCUT2D eigenvalue weighted by molar-refractivity contribution is -0.120. The summed E-state index contributed by atoms with van der Waals surface area (Å²) in [6.07, 6.45) is 4.14. The molecule has 1 fully saturated rings. The number of ketones is 1. The molecule has 1 heterocycles. The summed E-state index contributed by atoms with van der Waals surface area (Å²) < 4.78 is 41.3. The van der Waals surface area contributed by atoms with E-state index in [9.17, 15) is 17.6 Å². The second-order valence-corrected chi connectivity index (χ2v) is 9.02. The number of nitrogens with zero attached hydrogens (tertiary/aromatic N) is 1. The predicted molar refractivity (Wildman–Crippen MR) is 99.8 cm³/mol. The van der Waals surface area contributed by atoms with E-state index in [1.807, 2.05) is 0 Å². The molecule has 1 aromatic heterocycles. The van der Waals surface area contributed by atoms with E-state index >= 15 is 0 Å². The first-order valence-electron chi connectivity index (χ1n) is 8.02. The molecule has 0 bridgehead atoms. The summed E-state index contributed by atoms with van der Waals surface area (Å²) in [5, 5.41) is 4.91. The maximum Gasteiger partial charge on any atom is 0.266 e. The second kappa shape index (κ2) is 7.89. The summed E-state index contributed by atoms with van der Waals surface area (Å²) >= 11 is 7.23. The quantitative estimate of drug-likeness (QED) is 0.743. The Hall–Kier alpha value is -1.71. The summed E-state index contributed by atoms with van der Waals surface area (Å²) in [4.78, 5) is 14.6. The number of benzene rings is 1. The van der Waals surface area contributed by atoms with Crippen molar-refractivity contribution in [1.29, 1.82) is 0 Å². The monoisotopic (exact) mass is 417 g/mol. The Morgan fingerprint density at radius 1 is 1.31 bits per heavy atom. The Kier molecular flexibility index (Phi) is 5.79. The first kappa shape index (κ1) is 19.1. The molecule has 2 N–H and O–H groups in total. The van der Waals surface area contributed by atoms with Crippen LogP contribution in [0.3, 0.4) is 0 Å². The lowest BCUT2D eigenvalue weighted by atomic mass is 9.88. The van der Waals surface area contributed by atoms with E-state index in [1.165, 1.54) is 6.20 Å². The molecule has 0 amide bonds. The van der Waals surface area contributed by atoms with Crippen molar-refractivity contribution in [1.82, 2.24) is 4.98 Å². The van der Waals surface area contributed by atoms with Crippen LogP contribution in [0.4, 0.5) is 15.2 Å². The van der Waals surface area contributed by atoms with Gasteiger partial charge in [0.1, 0.15) is 16.5 Å². The van der Waals surface area contributed by atoms with E-state index in [0.717, 1.165) is 36.3 Å². The largest absolute Gasteiger partial charge is 0.383 e. The van der Waals surface area contributed by atoms with Gasteiger partial charge in [-0.15, -0.1) is 11.3 Å². The Labute approximate surface area is 159 Å². The number of thiazole rings is 1. The first-order valence-corrected chi connectivity index (χ1v) is 10.8. The van der Waals surface area contributed by atoms with E-state index < -0.39 is 20.7 Å². The molecular weight excluding hydrogens is 401 g/mol. The van der Waals surface area contributed by atoms with Gasteiger partial charge in [0.2, 0.25) is 0 Å². The molecule has 0 unspecified atom stereocenters. The number of nitrogens with one attached hydrogen (secondary N) is 2. The van der Waals surface area contributed by atoms with Crippen molar-refractivity contribution >= 4 is 49.6 Å². The van der Waals surface area contributed by atoms with Gasteiger partial charge >= 0.3 is 0 Å². The molecular formula is C16H17ClFN3O3S2. The predicted octanol–water partition coefficient (Wildman–Crippen LogP) is 3.91. The van der Waals surface area contributed by atoms with Crippen LogP contribution < -0.4 is 10.0 Å². The third-order valence-electron chi connectivity index (χ3n) is 4.21. The zero-order chi connectivity index (χ0) is 18.7. The van der Waals surface area contributed by atoms with Gasteiger partial charge in [0.25, 0.3) is 10.0 Å². The van der Waals surface area contributed by atoms with Gasteiger partial charge in [-0.1, -0.05) is 11.6 Å². The summed E-state index contributed by atoms with van der Waals surface area (Å²) in [5.74, 6) is -0.325. The average Bonchev–Trinajstić information content (AvgIpc) is 3.09. The number of halogens is 2. The van der Waals surface area contributed by atoms with Crippen LogP contribution in [0.5, 0.6) is 0 Å². The van der Waals surface area contributed by atoms with E-state index in [-0.39, 0.29) is 15.9 Å². The number of Topliss-reactive ketones (excluding diaryl/α,β-unsaturated/α-hetero) is 1. The van der Waals surface area contributed by atoms with Gasteiger partial charge in [-0.05, 0) is 30.9 Å². The second-order valence-electron chi connectivity index (χ2n) is 6.07. The maximum atomic E-state index is 14.4. The van der Waals surface area contributed by atoms with Crippen LogP contribution in [0.15, 0.2) is 28.6 Å². The van der Waals surface area contributed by atoms with Crippen LogP contribution in [0, 0.1) is 11.7 Å². The summed E-state index contributed by atoms with van der Waals surface area (Å²) in [5.41, 5.74) is 0.328. The fourth-order valence-electron chi connectivity index (χ4n) is 2.77. The van der Waals surface area contributed by atoms with Crippen molar-refractivity contribution in [3.63, 3.8) is 0 Å². The van der Waals surface area contributed by atoms with Gasteiger partial charge < -0.3 is 5.32 Å². The molecule has 1 aromatic carbocycles. The molecule has 0 spiro atoms. The van der Waals surface area contributed by atoms with Crippen molar-refractivity contribution in [3.05, 3.63) is 34.5 Å². The molecule has 140 valence electrons. The molecule has 3 rings (SSSR count). The number of rotatable bonds is 6. The molecule has 0 atom stereocenters. The number of sulfonamides is 1. The lowest BCUT2D eigenvalue weighted by Gasteiger charge is -2.22. The third kappa shape index (κ3) is 4.52. The van der Waals surface area contributed by atoms with Gasteiger partial charge in [-0.25, -0.2) is 17.8 Å². The number of hydrogen-bond donors (Lipinski definition) is 2. The Bertz CT molecular complexity index is 894. The molecule has 0 aliphatic heterocycles. The Balaban J connectivity index is 1.72. The molecule has 0 radical (unpaired) electrons. The van der Waals surface area contributed by atoms with Crippen LogP contribution >= 0.6 is 22.9 Å². The Morgan fingerprint density at radius 3 is 2.69 bits per heavy atom. The fraction of sp³-hybridized carbons (Fsp3) is 0.375. The standard InChI is InChI=1S/C16H17ClFN3O3S2/c17-12-7-15(26(23,24)21-16-19-5-6-25-16)13(18)8-14(12)20-9-10-1-3-11(22)4-2-10/h5-8,10,20H,1-4,9H2,(H,19,21). The molecule has 6 nitrogen and oxygen atoms in total. The van der Waals surface area contributed by atoms with Gasteiger partial charge in [-0.2, -0.15) is 0 Å². The van der Waals surface area contributed by atoms with E-state index in [4.69, 9.17) is 11.6 Å². The minimum atomic E-state index is -4.12. The van der Waals surface area contributed by atoms with E-state index in [0.29, 0.717) is 31.0 Å². The van der Waals surface area contributed by atoms with Gasteiger partial charge in [0, 0.05) is 31.0 Å². The van der Waals surface area contributed by atoms with E-state index in [1.54, 1.807) is 5.38 Å². The van der Waals surface area contributed by atoms with Gasteiger partial charge in [-0.3, -0.25) is 9.52 Å². The van der Waals surface area contributed by atoms with Crippen LogP contribution in [0.25, 0.3) is 0 Å². The van der Waals surface area contributed by atoms with E-state index in [2.05, 4.69) is 15.0 Å². The third-order valence-corrected chi connectivity index (χ3v) is 6.69. The van der Waals surface area contributed by atoms with Crippen molar-refractivity contribution < 1.29 is 17.6 Å². The normalized spacial score (nSPS) is 15.8. The lowest BCUT2D eigenvalue weighted by Crippen LogP contribution is -2.21. The highest BCUT2D eigenvalue weighted by Gasteiger charge is 2.23. The molecule has 1 aliphatic carbocycles. The minimum Gasteiger partial charge on any atom is -0.383 e. The van der Waals surface area contributed by atoms with Gasteiger partial charge in [0.05, 0.1) is 10.7 Å². The number of hydrogen-bond acceptors (Lipinski definition) is 6. The van der Waals surface area contributed by atoms with Crippen molar-refractivity contribution in [2.75, 3.05) is 16.6 Å². The number of carbonyl (C=O) groups is 1. The zero-order valence-corrected chi connectivity index (χ0v) is 16.1. The topological polar surface area (TPSA) is 88.2 Å². The van der Waals surface area contributed by atoms with Crippen LogP contribution in [0.1, 0.15) is 25.7 Å². The highest BCUT2D eigenvalue weighted by atomic mass is 35.5. The van der Waals surface area contributed by atoms with Crippen molar-refractivity contribution in [2.45, 2.75) is 30.6 Å². The molecule has 1 aliphatic rings. The number of aromatic nitrogens is 1. The number of anilines is 2. The smallest absolute Gasteiger partial charge is 0.266 e. The molecule has 0 saturated heterocycles. The fourth-order valence-corrected chi connectivity index (χ4v) is 4.94. The molecule has 2 aromatic rings. The maximum absolute atomic E-state index is 14.4. The zero-order valence-electron chi connectivity index (χ0n) is 13.7. The summed E-state index contributed by atoms with van der Waals surface area (Å²) in [6, 6.07) is 2.16. The first-order chi connectivity index (χ1) is 12.3. The summed E-state index contributed by atoms with van der Waals surface area (Å²) in [7, 11) is -4.12. The SMILES string of the molecule is O=C1CCC(CNc2cc(F)c(S(=O)(=O)Nc3nccs3)cc2Cl)CC1. The van der Waals surface area contributed by atoms with Crippen molar-refractivity contribution in [2.24, 2.45) is 5.92 Å². The highest BCUT2D eigenvalue weighted by molar-refractivity contribution is 7.93. The van der Waals surface area contributed by atoms with Crippen LogP contribution in [-0.2, 0) is 14.8 Å². The Morgan fingerprint density at radius 2 is 2.04 bits per heavy atom. The minimum absolute atomic E-state index is 0.109. The summed E-state index contributed by atoms with van der Waals surface area (Å²) in [6.45, 7) is 0.551. The van der Waals surface area contributed by atoms with Crippen molar-refractivity contribution in [3.8, 4) is 0 Å². The highest BCUT2D eigenvalue weighted by Crippen LogP contribution is 2.30. The van der Waals surface area contributed by atoms with Crippen LogP contribution in [-0.4, -0.2) is 25.7 Å². The number of carbonyl (C=O) groups excluding carboxylic acids is 1. The molecule has 1 saturated carbocycles.